The van der Waals surface area contributed by atoms with E-state index in [1.807, 2.05) is 65.0 Å². The Kier molecular flexibility index (Phi) is 10.2. The number of Topliss-reactive ketones (excluding diaryl/α,β-unsaturated/α-hetero) is 1. The van der Waals surface area contributed by atoms with Crippen molar-refractivity contribution in [3.05, 3.63) is 35.9 Å². The molecule has 0 aliphatic rings. The first-order valence-electron chi connectivity index (χ1n) is 9.24. The maximum absolute atomic E-state index is 12.5. The van der Waals surface area contributed by atoms with Crippen LogP contribution < -0.4 is 0 Å². The van der Waals surface area contributed by atoms with Gasteiger partial charge in [-0.05, 0) is 32.8 Å². The number of rotatable bonds is 13. The zero-order valence-electron chi connectivity index (χ0n) is 16.1. The monoisotopic (exact) mass is 368 g/mol. The van der Waals surface area contributed by atoms with E-state index in [-0.39, 0.29) is 11.7 Å². The van der Waals surface area contributed by atoms with Gasteiger partial charge in [-0.2, -0.15) is 0 Å². The molecule has 0 saturated carbocycles. The quantitative estimate of drug-likeness (QED) is 0.486. The minimum Gasteiger partial charge on any atom is -0.351 e. The van der Waals surface area contributed by atoms with Crippen LogP contribution in [0.1, 0.15) is 59.1 Å². The molecule has 25 heavy (non-hydrogen) atoms. The Hall–Kier alpha value is -1.05. The summed E-state index contributed by atoms with van der Waals surface area (Å²) in [4.78, 5) is 12.5. The van der Waals surface area contributed by atoms with Crippen molar-refractivity contribution in [3.8, 4) is 0 Å². The second kappa shape index (κ2) is 11.5. The summed E-state index contributed by atoms with van der Waals surface area (Å²) >= 11 is 0. The number of carbonyl (C=O) groups is 1. The highest BCUT2D eigenvalue weighted by atomic mass is 28.4. The summed E-state index contributed by atoms with van der Waals surface area (Å²) in [6.45, 7) is 10.8. The lowest BCUT2D eigenvalue weighted by Crippen LogP contribution is -2.51. The van der Waals surface area contributed by atoms with Gasteiger partial charge in [0.15, 0.2) is 0 Å². The highest BCUT2D eigenvalue weighted by Gasteiger charge is 2.49. The van der Waals surface area contributed by atoms with Gasteiger partial charge in [-0.15, -0.1) is 0 Å². The minimum absolute atomic E-state index is 0.170. The van der Waals surface area contributed by atoms with Crippen LogP contribution in [0.2, 0.25) is 0 Å². The smallest absolute Gasteiger partial charge is 0.351 e. The summed E-state index contributed by atoms with van der Waals surface area (Å²) in [5.41, 5.74) is 0.937. The van der Waals surface area contributed by atoms with E-state index >= 15 is 0 Å². The molecule has 1 aromatic rings. The molecule has 142 valence electrons. The van der Waals surface area contributed by atoms with E-state index in [1.54, 1.807) is 0 Å². The summed E-state index contributed by atoms with van der Waals surface area (Å²) in [5, 5.41) is 0. The van der Waals surface area contributed by atoms with Crippen LogP contribution in [0.25, 0.3) is 0 Å². The molecule has 0 aliphatic carbocycles. The van der Waals surface area contributed by atoms with E-state index < -0.39 is 15.2 Å². The average molecular weight is 369 g/mol. The molecule has 0 amide bonds. The van der Waals surface area contributed by atoms with Crippen LogP contribution in [0.3, 0.4) is 0 Å². The standard InChI is InChI=1S/C19H32O5Si/c1-6-17(18(20)7-2)19(16-14-12-11-13-15-16)24-25(21-8-3,22-9-4)23-10-5/h11-15,17,19H,6-10H2,1-5H3/t17-,19-/m1/s1. The lowest BCUT2D eigenvalue weighted by Gasteiger charge is -2.34. The second-order valence-electron chi connectivity index (χ2n) is 5.58. The third kappa shape index (κ3) is 6.31. The molecule has 0 aliphatic heterocycles. The molecule has 0 spiro atoms. The first kappa shape index (κ1) is 22.0. The predicted octanol–water partition coefficient (Wildman–Crippen LogP) is 4.29. The van der Waals surface area contributed by atoms with E-state index in [2.05, 4.69) is 0 Å². The fraction of sp³-hybridized carbons (Fsp3) is 0.632. The normalized spacial score (nSPS) is 14.3. The zero-order valence-corrected chi connectivity index (χ0v) is 17.1. The Bertz CT molecular complexity index is 477. The van der Waals surface area contributed by atoms with Gasteiger partial charge < -0.3 is 17.7 Å². The molecular weight excluding hydrogens is 336 g/mol. The van der Waals surface area contributed by atoms with Crippen LogP contribution in [0, 0.1) is 5.92 Å². The molecule has 0 saturated heterocycles. The molecule has 0 unspecified atom stereocenters. The number of ketones is 1. The summed E-state index contributed by atoms with van der Waals surface area (Å²) in [6.07, 6.45) is 0.702. The first-order valence-corrected chi connectivity index (χ1v) is 10.9. The Labute approximate surface area is 153 Å². The third-order valence-corrected chi connectivity index (χ3v) is 6.40. The molecule has 0 bridgehead atoms. The highest BCUT2D eigenvalue weighted by Crippen LogP contribution is 2.34. The van der Waals surface area contributed by atoms with Crippen molar-refractivity contribution in [1.29, 1.82) is 0 Å². The topological polar surface area (TPSA) is 54.0 Å². The van der Waals surface area contributed by atoms with Crippen molar-refractivity contribution in [1.82, 2.24) is 0 Å². The Balaban J connectivity index is 3.26. The van der Waals surface area contributed by atoms with Gasteiger partial charge in [-0.3, -0.25) is 4.79 Å². The van der Waals surface area contributed by atoms with Crippen molar-refractivity contribution in [2.24, 2.45) is 5.92 Å². The summed E-state index contributed by atoms with van der Waals surface area (Å²) in [7, 11) is -3.33. The molecule has 5 nitrogen and oxygen atoms in total. The van der Waals surface area contributed by atoms with Gasteiger partial charge in [-0.25, -0.2) is 0 Å². The number of hydrogen-bond donors (Lipinski definition) is 0. The highest BCUT2D eigenvalue weighted by molar-refractivity contribution is 6.53. The van der Waals surface area contributed by atoms with Gasteiger partial charge >= 0.3 is 9.05 Å². The Morgan fingerprint density at radius 3 is 1.84 bits per heavy atom. The fourth-order valence-electron chi connectivity index (χ4n) is 2.81. The summed E-state index contributed by atoms with van der Waals surface area (Å²) in [6, 6.07) is 9.78. The minimum atomic E-state index is -3.33. The molecule has 0 aromatic heterocycles. The molecule has 0 fully saturated rings. The lowest BCUT2D eigenvalue weighted by molar-refractivity contribution is -0.129. The molecular formula is C19H32O5Si. The van der Waals surface area contributed by atoms with Crippen molar-refractivity contribution in [2.75, 3.05) is 19.8 Å². The molecule has 1 rings (SSSR count). The largest absolute Gasteiger partial charge is 0.680 e. The van der Waals surface area contributed by atoms with E-state index in [1.165, 1.54) is 0 Å². The van der Waals surface area contributed by atoms with Crippen LogP contribution in [0.15, 0.2) is 30.3 Å². The van der Waals surface area contributed by atoms with Gasteiger partial charge in [0.05, 0.1) is 6.10 Å². The van der Waals surface area contributed by atoms with Crippen LogP contribution in [-0.2, 0) is 22.5 Å². The maximum Gasteiger partial charge on any atom is 0.680 e. The predicted molar refractivity (Wildman–Crippen MR) is 100.0 cm³/mol. The summed E-state index contributed by atoms with van der Waals surface area (Å²) in [5.74, 6) is -0.0932. The van der Waals surface area contributed by atoms with Gasteiger partial charge in [0.2, 0.25) is 0 Å². The Morgan fingerprint density at radius 1 is 0.920 bits per heavy atom. The SMILES string of the molecule is CCO[Si](OCC)(OCC)O[C@H](c1ccccc1)[C@H](CC)C(=O)CC. The molecule has 2 atom stereocenters. The van der Waals surface area contributed by atoms with Crippen LogP contribution in [0.5, 0.6) is 0 Å². The fourth-order valence-corrected chi connectivity index (χ4v) is 4.94. The van der Waals surface area contributed by atoms with E-state index in [0.717, 1.165) is 5.56 Å². The lowest BCUT2D eigenvalue weighted by atomic mass is 9.89. The van der Waals surface area contributed by atoms with E-state index in [0.29, 0.717) is 32.7 Å². The van der Waals surface area contributed by atoms with Gasteiger partial charge in [0, 0.05) is 32.2 Å². The van der Waals surface area contributed by atoms with Gasteiger partial charge in [0.25, 0.3) is 0 Å². The molecule has 1 aromatic carbocycles. The third-order valence-electron chi connectivity index (χ3n) is 3.93. The molecule has 0 radical (unpaired) electrons. The average Bonchev–Trinajstić information content (AvgIpc) is 2.62. The van der Waals surface area contributed by atoms with Gasteiger partial charge in [0.1, 0.15) is 5.78 Å². The number of carbonyl (C=O) groups excluding carboxylic acids is 1. The van der Waals surface area contributed by atoms with Gasteiger partial charge in [-0.1, -0.05) is 44.2 Å². The van der Waals surface area contributed by atoms with Crippen molar-refractivity contribution >= 4 is 14.8 Å². The molecule has 0 heterocycles. The van der Waals surface area contributed by atoms with Crippen molar-refractivity contribution in [2.45, 2.75) is 53.6 Å². The maximum atomic E-state index is 12.5. The second-order valence-corrected chi connectivity index (χ2v) is 7.68. The van der Waals surface area contributed by atoms with E-state index in [9.17, 15) is 4.79 Å². The molecule has 0 N–H and O–H groups in total. The van der Waals surface area contributed by atoms with Crippen LogP contribution in [0.4, 0.5) is 0 Å². The van der Waals surface area contributed by atoms with Crippen molar-refractivity contribution in [3.63, 3.8) is 0 Å². The number of benzene rings is 1. The van der Waals surface area contributed by atoms with Crippen LogP contribution in [-0.4, -0.2) is 34.7 Å². The zero-order chi connectivity index (χ0) is 18.7. The molecule has 6 heteroatoms. The van der Waals surface area contributed by atoms with Crippen molar-refractivity contribution < 1.29 is 22.5 Å². The van der Waals surface area contributed by atoms with E-state index in [4.69, 9.17) is 17.7 Å². The first-order chi connectivity index (χ1) is 12.1. The summed E-state index contributed by atoms with van der Waals surface area (Å²) < 4.78 is 23.9. The Morgan fingerprint density at radius 2 is 1.44 bits per heavy atom. The number of hydrogen-bond acceptors (Lipinski definition) is 5. The van der Waals surface area contributed by atoms with Crippen LogP contribution >= 0.6 is 0 Å².